The molecule has 0 aliphatic carbocycles. The molecule has 0 bridgehead atoms. The van der Waals surface area contributed by atoms with E-state index in [1.165, 1.54) is 11.0 Å². The molecule has 2 aliphatic rings. The number of halogens is 3. The quantitative estimate of drug-likeness (QED) is 0.415. The second kappa shape index (κ2) is 8.07. The standard InChI is InChI=1S/C27H26F3NO4/c1-4-13-33-17-9-11-20-22(14-17)35-25(2,3)16-26(20)19-7-5-6-8-21(19)31(24(26)32)15-18-10-12-23(34-18)27(28,29)30/h5-12,14H,4,13,15-16H2,1-3H3/t26-/m1/s1. The third kappa shape index (κ3) is 3.85. The number of carbonyl (C=O) groups excluding carboxylic acids is 1. The van der Waals surface area contributed by atoms with Crippen molar-refractivity contribution in [2.75, 3.05) is 11.5 Å². The summed E-state index contributed by atoms with van der Waals surface area (Å²) in [6, 6.07) is 15.1. The van der Waals surface area contributed by atoms with Crippen LogP contribution in [-0.2, 0) is 22.9 Å². The predicted octanol–water partition coefficient (Wildman–Crippen LogP) is 6.48. The first kappa shape index (κ1) is 23.3. The molecule has 35 heavy (non-hydrogen) atoms. The van der Waals surface area contributed by atoms with Gasteiger partial charge in [0.2, 0.25) is 11.7 Å². The molecule has 184 valence electrons. The van der Waals surface area contributed by atoms with Gasteiger partial charge in [-0.05, 0) is 50.1 Å². The Hall–Kier alpha value is -3.42. The van der Waals surface area contributed by atoms with E-state index >= 15 is 0 Å². The summed E-state index contributed by atoms with van der Waals surface area (Å²) in [6.45, 7) is 6.33. The first-order valence-corrected chi connectivity index (χ1v) is 11.6. The lowest BCUT2D eigenvalue weighted by Gasteiger charge is -2.43. The summed E-state index contributed by atoms with van der Waals surface area (Å²) < 4.78 is 56.4. The molecule has 8 heteroatoms. The van der Waals surface area contributed by atoms with Crippen LogP contribution in [-0.4, -0.2) is 18.1 Å². The third-order valence-corrected chi connectivity index (χ3v) is 6.48. The maximum Gasteiger partial charge on any atom is 0.449 e. The van der Waals surface area contributed by atoms with Crippen molar-refractivity contribution >= 4 is 11.6 Å². The molecule has 3 aromatic rings. The van der Waals surface area contributed by atoms with Gasteiger partial charge in [0.05, 0.1) is 13.2 Å². The lowest BCUT2D eigenvalue weighted by Crippen LogP contribution is -2.50. The second-order valence-corrected chi connectivity index (χ2v) is 9.62. The Bertz CT molecular complexity index is 1280. The van der Waals surface area contributed by atoms with E-state index in [0.29, 0.717) is 30.2 Å². The molecule has 1 spiro atoms. The van der Waals surface area contributed by atoms with Crippen LogP contribution < -0.4 is 14.4 Å². The summed E-state index contributed by atoms with van der Waals surface area (Å²) >= 11 is 0. The van der Waals surface area contributed by atoms with Gasteiger partial charge < -0.3 is 18.8 Å². The topological polar surface area (TPSA) is 51.9 Å². The number of para-hydroxylation sites is 1. The largest absolute Gasteiger partial charge is 0.493 e. The molecule has 0 fully saturated rings. The van der Waals surface area contributed by atoms with Crippen LogP contribution in [0, 0.1) is 0 Å². The van der Waals surface area contributed by atoms with Crippen molar-refractivity contribution in [3.8, 4) is 11.5 Å². The first-order chi connectivity index (χ1) is 16.5. The monoisotopic (exact) mass is 485 g/mol. The van der Waals surface area contributed by atoms with Crippen molar-refractivity contribution in [3.05, 3.63) is 77.2 Å². The molecule has 0 N–H and O–H groups in total. The van der Waals surface area contributed by atoms with E-state index in [0.717, 1.165) is 23.6 Å². The van der Waals surface area contributed by atoms with E-state index in [1.54, 1.807) is 0 Å². The zero-order chi connectivity index (χ0) is 25.0. The number of hydrogen-bond donors (Lipinski definition) is 0. The van der Waals surface area contributed by atoms with Gasteiger partial charge in [-0.15, -0.1) is 0 Å². The molecule has 0 radical (unpaired) electrons. The minimum absolute atomic E-state index is 0.0624. The van der Waals surface area contributed by atoms with Gasteiger partial charge in [0.15, 0.2) is 0 Å². The predicted molar refractivity (Wildman–Crippen MR) is 124 cm³/mol. The Kier molecular flexibility index (Phi) is 5.38. The number of nitrogens with zero attached hydrogens (tertiary/aromatic N) is 1. The van der Waals surface area contributed by atoms with Crippen molar-refractivity contribution in [1.82, 2.24) is 0 Å². The van der Waals surface area contributed by atoms with Gasteiger partial charge >= 0.3 is 6.18 Å². The maximum absolute atomic E-state index is 14.2. The molecular weight excluding hydrogens is 459 g/mol. The molecule has 1 atom stereocenters. The summed E-state index contributed by atoms with van der Waals surface area (Å²) in [5.41, 5.74) is 0.445. The number of fused-ring (bicyclic) bond motifs is 4. The fourth-order valence-electron chi connectivity index (χ4n) is 5.20. The van der Waals surface area contributed by atoms with E-state index < -0.39 is 23.0 Å². The van der Waals surface area contributed by atoms with Gasteiger partial charge in [0.1, 0.15) is 28.3 Å². The molecule has 2 aromatic carbocycles. The van der Waals surface area contributed by atoms with Crippen LogP contribution in [0.15, 0.2) is 59.0 Å². The highest BCUT2D eigenvalue weighted by atomic mass is 19.4. The van der Waals surface area contributed by atoms with Crippen molar-refractivity contribution in [2.45, 2.75) is 57.3 Å². The Morgan fingerprint density at radius 1 is 1.06 bits per heavy atom. The van der Waals surface area contributed by atoms with Crippen LogP contribution in [0.5, 0.6) is 11.5 Å². The van der Waals surface area contributed by atoms with E-state index in [2.05, 4.69) is 0 Å². The summed E-state index contributed by atoms with van der Waals surface area (Å²) in [5.74, 6) is -0.0169. The van der Waals surface area contributed by atoms with Gasteiger partial charge in [-0.3, -0.25) is 4.79 Å². The average molecular weight is 486 g/mol. The Labute approximate surface area is 201 Å². The van der Waals surface area contributed by atoms with E-state index in [-0.39, 0.29) is 18.2 Å². The smallest absolute Gasteiger partial charge is 0.449 e. The molecule has 1 amide bonds. The summed E-state index contributed by atoms with van der Waals surface area (Å²) in [6.07, 6.45) is -3.36. The lowest BCUT2D eigenvalue weighted by atomic mass is 9.67. The minimum atomic E-state index is -4.59. The van der Waals surface area contributed by atoms with Crippen molar-refractivity contribution < 1.29 is 31.9 Å². The van der Waals surface area contributed by atoms with Crippen molar-refractivity contribution in [3.63, 3.8) is 0 Å². The SMILES string of the molecule is CCCOc1ccc2c(c1)OC(C)(C)C[C@]21C(=O)N(Cc2ccc(C(F)(F)F)o2)c2ccccc21. The highest BCUT2D eigenvalue weighted by Crippen LogP contribution is 2.56. The molecule has 5 rings (SSSR count). The van der Waals surface area contributed by atoms with E-state index in [9.17, 15) is 18.0 Å². The number of anilines is 1. The molecule has 2 aliphatic heterocycles. The zero-order valence-electron chi connectivity index (χ0n) is 19.7. The summed E-state index contributed by atoms with van der Waals surface area (Å²) in [5, 5.41) is 0. The van der Waals surface area contributed by atoms with Crippen LogP contribution in [0.25, 0.3) is 0 Å². The zero-order valence-corrected chi connectivity index (χ0v) is 19.7. The Balaban J connectivity index is 1.61. The average Bonchev–Trinajstić information content (AvgIpc) is 3.36. The number of furan rings is 1. The number of ether oxygens (including phenoxy) is 2. The van der Waals surface area contributed by atoms with Crippen LogP contribution >= 0.6 is 0 Å². The van der Waals surface area contributed by atoms with Gasteiger partial charge in [-0.1, -0.05) is 31.2 Å². The van der Waals surface area contributed by atoms with Gasteiger partial charge in [-0.2, -0.15) is 13.2 Å². The molecule has 0 saturated heterocycles. The Morgan fingerprint density at radius 3 is 2.54 bits per heavy atom. The van der Waals surface area contributed by atoms with Gasteiger partial charge in [0, 0.05) is 23.7 Å². The highest BCUT2D eigenvalue weighted by molar-refractivity contribution is 6.11. The van der Waals surface area contributed by atoms with Crippen molar-refractivity contribution in [2.24, 2.45) is 0 Å². The van der Waals surface area contributed by atoms with E-state index in [1.807, 2.05) is 63.2 Å². The Morgan fingerprint density at radius 2 is 1.83 bits per heavy atom. The van der Waals surface area contributed by atoms with Crippen molar-refractivity contribution in [1.29, 1.82) is 0 Å². The third-order valence-electron chi connectivity index (χ3n) is 6.48. The number of alkyl halides is 3. The number of amides is 1. The van der Waals surface area contributed by atoms with Crippen LogP contribution in [0.3, 0.4) is 0 Å². The fourth-order valence-corrected chi connectivity index (χ4v) is 5.20. The molecule has 0 saturated carbocycles. The number of benzene rings is 2. The summed E-state index contributed by atoms with van der Waals surface area (Å²) in [4.78, 5) is 15.7. The molecular formula is C27H26F3NO4. The highest BCUT2D eigenvalue weighted by Gasteiger charge is 2.58. The minimum Gasteiger partial charge on any atom is -0.493 e. The number of hydrogen-bond acceptors (Lipinski definition) is 4. The molecule has 3 heterocycles. The summed E-state index contributed by atoms with van der Waals surface area (Å²) in [7, 11) is 0. The van der Waals surface area contributed by atoms with E-state index in [4.69, 9.17) is 13.9 Å². The maximum atomic E-state index is 14.2. The molecule has 1 aromatic heterocycles. The van der Waals surface area contributed by atoms with Gasteiger partial charge in [-0.25, -0.2) is 0 Å². The van der Waals surface area contributed by atoms with Crippen LogP contribution in [0.4, 0.5) is 18.9 Å². The van der Waals surface area contributed by atoms with Crippen LogP contribution in [0.1, 0.15) is 56.3 Å². The number of rotatable bonds is 5. The lowest BCUT2D eigenvalue weighted by molar-refractivity contribution is -0.153. The first-order valence-electron chi connectivity index (χ1n) is 11.6. The van der Waals surface area contributed by atoms with Crippen LogP contribution in [0.2, 0.25) is 0 Å². The number of carbonyl (C=O) groups is 1. The molecule has 5 nitrogen and oxygen atoms in total. The molecule has 0 unspecified atom stereocenters. The second-order valence-electron chi connectivity index (χ2n) is 9.62. The fraction of sp³-hybridized carbons (Fsp3) is 0.370. The van der Waals surface area contributed by atoms with Gasteiger partial charge in [0.25, 0.3) is 0 Å². The normalized spacial score (nSPS) is 20.5.